The fourth-order valence-corrected chi connectivity index (χ4v) is 5.30. The van der Waals surface area contributed by atoms with Crippen molar-refractivity contribution in [3.8, 4) is 0 Å². The standard InChI is InChI=1S/C28H37N3O3/c1-27(2,3)34-26(33)29-19-24-15-10-17-30(24)20-25(32)31-18-16-28(21-31,22-11-6-4-7-12-22)23-13-8-5-9-14-23/h4-9,11-14,24H,10,15-21H2,1-3H3,(H,29,33). The lowest BCUT2D eigenvalue weighted by Crippen LogP contribution is -2.46. The third-order valence-corrected chi connectivity index (χ3v) is 6.99. The van der Waals surface area contributed by atoms with Gasteiger partial charge in [0, 0.05) is 31.1 Å². The van der Waals surface area contributed by atoms with Crippen LogP contribution in [-0.2, 0) is 14.9 Å². The average Bonchev–Trinajstić information content (AvgIpc) is 3.46. The summed E-state index contributed by atoms with van der Waals surface area (Å²) in [5.41, 5.74) is 1.82. The van der Waals surface area contributed by atoms with Crippen LogP contribution in [0.3, 0.4) is 0 Å². The summed E-state index contributed by atoms with van der Waals surface area (Å²) < 4.78 is 5.36. The quantitative estimate of drug-likeness (QED) is 0.698. The van der Waals surface area contributed by atoms with Crippen molar-refractivity contribution in [3.05, 3.63) is 71.8 Å². The maximum absolute atomic E-state index is 13.4. The van der Waals surface area contributed by atoms with Crippen LogP contribution in [0.4, 0.5) is 4.79 Å². The van der Waals surface area contributed by atoms with Crippen LogP contribution in [0, 0.1) is 0 Å². The number of nitrogens with one attached hydrogen (secondary N) is 1. The molecule has 6 nitrogen and oxygen atoms in total. The van der Waals surface area contributed by atoms with E-state index in [1.807, 2.05) is 37.8 Å². The number of benzene rings is 2. The summed E-state index contributed by atoms with van der Waals surface area (Å²) in [4.78, 5) is 29.7. The minimum absolute atomic E-state index is 0.159. The van der Waals surface area contributed by atoms with Crippen LogP contribution in [0.1, 0.15) is 51.2 Å². The summed E-state index contributed by atoms with van der Waals surface area (Å²) in [5.74, 6) is 0.165. The summed E-state index contributed by atoms with van der Waals surface area (Å²) in [7, 11) is 0. The zero-order valence-electron chi connectivity index (χ0n) is 20.6. The van der Waals surface area contributed by atoms with E-state index in [4.69, 9.17) is 4.74 Å². The molecular formula is C28H37N3O3. The minimum atomic E-state index is -0.519. The van der Waals surface area contributed by atoms with E-state index < -0.39 is 11.7 Å². The number of amides is 2. The molecule has 1 N–H and O–H groups in total. The molecule has 6 heteroatoms. The van der Waals surface area contributed by atoms with Gasteiger partial charge in [0.1, 0.15) is 5.60 Å². The third kappa shape index (κ3) is 5.61. The molecule has 2 fully saturated rings. The molecule has 0 aromatic heterocycles. The normalized spacial score (nSPS) is 20.3. The second kappa shape index (κ2) is 10.2. The molecule has 34 heavy (non-hydrogen) atoms. The fraction of sp³-hybridized carbons (Fsp3) is 0.500. The maximum atomic E-state index is 13.4. The first-order chi connectivity index (χ1) is 16.3. The van der Waals surface area contributed by atoms with Crippen molar-refractivity contribution in [3.63, 3.8) is 0 Å². The van der Waals surface area contributed by atoms with Crippen molar-refractivity contribution in [2.45, 2.75) is 57.1 Å². The van der Waals surface area contributed by atoms with Gasteiger partial charge in [-0.1, -0.05) is 60.7 Å². The number of likely N-dealkylation sites (tertiary alicyclic amines) is 2. The Morgan fingerprint density at radius 1 is 1.00 bits per heavy atom. The maximum Gasteiger partial charge on any atom is 0.407 e. The first-order valence-corrected chi connectivity index (χ1v) is 12.4. The van der Waals surface area contributed by atoms with Gasteiger partial charge in [-0.2, -0.15) is 0 Å². The van der Waals surface area contributed by atoms with Gasteiger partial charge in [0.15, 0.2) is 0 Å². The SMILES string of the molecule is CC(C)(C)OC(=O)NCC1CCCN1CC(=O)N1CCC(c2ccccc2)(c2ccccc2)C1. The Hall–Kier alpha value is -2.86. The molecule has 0 bridgehead atoms. The molecule has 0 spiro atoms. The zero-order valence-corrected chi connectivity index (χ0v) is 20.6. The lowest BCUT2D eigenvalue weighted by Gasteiger charge is -2.32. The van der Waals surface area contributed by atoms with E-state index in [0.29, 0.717) is 19.6 Å². The van der Waals surface area contributed by atoms with Crippen LogP contribution in [-0.4, -0.2) is 66.2 Å². The first kappa shape index (κ1) is 24.3. The molecule has 2 aliphatic heterocycles. The molecule has 2 amide bonds. The molecule has 1 atom stereocenters. The Balaban J connectivity index is 1.40. The number of carbonyl (C=O) groups excluding carboxylic acids is 2. The van der Waals surface area contributed by atoms with Crippen LogP contribution in [0.15, 0.2) is 60.7 Å². The topological polar surface area (TPSA) is 61.9 Å². The van der Waals surface area contributed by atoms with Crippen molar-refractivity contribution in [2.24, 2.45) is 0 Å². The summed E-state index contributed by atoms with van der Waals surface area (Å²) >= 11 is 0. The summed E-state index contributed by atoms with van der Waals surface area (Å²) in [6, 6.07) is 21.3. The summed E-state index contributed by atoms with van der Waals surface area (Å²) in [5, 5.41) is 2.88. The minimum Gasteiger partial charge on any atom is -0.444 e. The Bertz CT molecular complexity index is 932. The van der Waals surface area contributed by atoms with Crippen molar-refractivity contribution < 1.29 is 14.3 Å². The number of nitrogens with zero attached hydrogens (tertiary/aromatic N) is 2. The highest BCUT2D eigenvalue weighted by Gasteiger charge is 2.43. The highest BCUT2D eigenvalue weighted by Crippen LogP contribution is 2.40. The molecular weight excluding hydrogens is 426 g/mol. The molecule has 182 valence electrons. The smallest absolute Gasteiger partial charge is 0.407 e. The van der Waals surface area contributed by atoms with E-state index in [9.17, 15) is 9.59 Å². The summed E-state index contributed by atoms with van der Waals surface area (Å²) in [6.07, 6.45) is 2.52. The monoisotopic (exact) mass is 463 g/mol. The zero-order chi connectivity index (χ0) is 24.2. The average molecular weight is 464 g/mol. The molecule has 2 heterocycles. The van der Waals surface area contributed by atoms with Gasteiger partial charge in [-0.05, 0) is 57.7 Å². The predicted molar refractivity (Wildman–Crippen MR) is 134 cm³/mol. The molecule has 2 aromatic carbocycles. The fourth-order valence-electron chi connectivity index (χ4n) is 5.30. The number of carbonyl (C=O) groups is 2. The van der Waals surface area contributed by atoms with Crippen LogP contribution in [0.2, 0.25) is 0 Å². The summed E-state index contributed by atoms with van der Waals surface area (Å²) in [6.45, 7) is 8.77. The number of ether oxygens (including phenoxy) is 1. The van der Waals surface area contributed by atoms with E-state index in [2.05, 4.69) is 58.7 Å². The van der Waals surface area contributed by atoms with Crippen molar-refractivity contribution >= 4 is 12.0 Å². The second-order valence-corrected chi connectivity index (χ2v) is 10.5. The second-order valence-electron chi connectivity index (χ2n) is 10.5. The molecule has 1 unspecified atom stereocenters. The van der Waals surface area contributed by atoms with Crippen molar-refractivity contribution in [1.82, 2.24) is 15.1 Å². The van der Waals surface area contributed by atoms with Gasteiger partial charge in [-0.15, -0.1) is 0 Å². The van der Waals surface area contributed by atoms with Crippen molar-refractivity contribution in [2.75, 3.05) is 32.7 Å². The van der Waals surface area contributed by atoms with E-state index in [1.165, 1.54) is 11.1 Å². The lowest BCUT2D eigenvalue weighted by atomic mass is 9.74. The van der Waals surface area contributed by atoms with Crippen molar-refractivity contribution in [1.29, 1.82) is 0 Å². The number of hydrogen-bond acceptors (Lipinski definition) is 4. The predicted octanol–water partition coefficient (Wildman–Crippen LogP) is 4.19. The third-order valence-electron chi connectivity index (χ3n) is 6.99. The van der Waals surface area contributed by atoms with Crippen LogP contribution < -0.4 is 5.32 Å². The van der Waals surface area contributed by atoms with Crippen LogP contribution in [0.25, 0.3) is 0 Å². The van der Waals surface area contributed by atoms with Gasteiger partial charge < -0.3 is 15.0 Å². The number of hydrogen-bond donors (Lipinski definition) is 1. The number of rotatable bonds is 6. The highest BCUT2D eigenvalue weighted by atomic mass is 16.6. The van der Waals surface area contributed by atoms with Crippen LogP contribution >= 0.6 is 0 Å². The molecule has 0 radical (unpaired) electrons. The lowest BCUT2D eigenvalue weighted by molar-refractivity contribution is -0.131. The number of alkyl carbamates (subject to hydrolysis) is 1. The largest absolute Gasteiger partial charge is 0.444 e. The van der Waals surface area contributed by atoms with Gasteiger partial charge in [0.05, 0.1) is 6.54 Å². The van der Waals surface area contributed by atoms with Crippen LogP contribution in [0.5, 0.6) is 0 Å². The Morgan fingerprint density at radius 3 is 2.21 bits per heavy atom. The first-order valence-electron chi connectivity index (χ1n) is 12.4. The Morgan fingerprint density at radius 2 is 1.62 bits per heavy atom. The van der Waals surface area contributed by atoms with Gasteiger partial charge >= 0.3 is 6.09 Å². The van der Waals surface area contributed by atoms with Gasteiger partial charge in [0.2, 0.25) is 5.91 Å². The van der Waals surface area contributed by atoms with E-state index in [0.717, 1.165) is 32.4 Å². The molecule has 4 rings (SSSR count). The van der Waals surface area contributed by atoms with E-state index in [1.54, 1.807) is 0 Å². The Kier molecular flexibility index (Phi) is 7.27. The van der Waals surface area contributed by atoms with E-state index >= 15 is 0 Å². The molecule has 0 saturated carbocycles. The molecule has 0 aliphatic carbocycles. The molecule has 2 aliphatic rings. The van der Waals surface area contributed by atoms with Gasteiger partial charge in [0.25, 0.3) is 0 Å². The Labute approximate surface area is 203 Å². The molecule has 2 saturated heterocycles. The van der Waals surface area contributed by atoms with Gasteiger partial charge in [-0.25, -0.2) is 4.79 Å². The highest BCUT2D eigenvalue weighted by molar-refractivity contribution is 5.79. The van der Waals surface area contributed by atoms with E-state index in [-0.39, 0.29) is 17.4 Å². The molecule has 2 aromatic rings. The van der Waals surface area contributed by atoms with Gasteiger partial charge in [-0.3, -0.25) is 9.69 Å².